The summed E-state index contributed by atoms with van der Waals surface area (Å²) in [5.41, 5.74) is 3.28. The molecule has 2 saturated heterocycles. The van der Waals surface area contributed by atoms with Gasteiger partial charge in [0, 0.05) is 12.1 Å². The Bertz CT molecular complexity index is 3910. The molecule has 0 bridgehead atoms. The Balaban J connectivity index is 0.000000177. The van der Waals surface area contributed by atoms with E-state index in [4.69, 9.17) is 18.3 Å². The first-order valence-corrected chi connectivity index (χ1v) is 29.9. The number of H-pyrrole nitrogens is 2. The molecule has 2 saturated carbocycles. The van der Waals surface area contributed by atoms with Gasteiger partial charge in [-0.25, -0.2) is 28.4 Å². The molecule has 4 heterocycles. The highest BCUT2D eigenvalue weighted by atomic mass is 79.9. The number of aromatic nitrogens is 4. The van der Waals surface area contributed by atoms with E-state index in [9.17, 15) is 49.8 Å². The normalized spacial score (nSPS) is 19.1. The number of nitrogens with one attached hydrogen (secondary N) is 3. The van der Waals surface area contributed by atoms with Crippen LogP contribution in [0.1, 0.15) is 93.2 Å². The fraction of sp³-hybridized carbons (Fsp3) is 0.364. The highest BCUT2D eigenvalue weighted by molar-refractivity contribution is 9.09. The van der Waals surface area contributed by atoms with Crippen LogP contribution >= 0.6 is 15.9 Å². The summed E-state index contributed by atoms with van der Waals surface area (Å²) in [6.45, 7) is 27.5. The van der Waals surface area contributed by atoms with Crippen LogP contribution in [0.4, 0.5) is 46.5 Å². The number of carboxylic acids is 2. The number of hydrogen-bond acceptors (Lipinski definition) is 7. The largest absolute Gasteiger partial charge is 0.481 e. The summed E-state index contributed by atoms with van der Waals surface area (Å²) in [5, 5.41) is 20.3. The molecule has 2 atom stereocenters. The number of aromatic amines is 2. The van der Waals surface area contributed by atoms with Gasteiger partial charge in [0.1, 0.15) is 28.6 Å². The Morgan fingerprint density at radius 2 is 1.00 bits per heavy atom. The first-order valence-electron chi connectivity index (χ1n) is 28.8. The van der Waals surface area contributed by atoms with Gasteiger partial charge in [0.05, 0.1) is 63.7 Å². The van der Waals surface area contributed by atoms with Gasteiger partial charge in [-0.05, 0) is 153 Å². The van der Waals surface area contributed by atoms with E-state index in [0.29, 0.717) is 55.4 Å². The lowest BCUT2D eigenvalue weighted by atomic mass is 9.79. The van der Waals surface area contributed by atoms with Gasteiger partial charge < -0.3 is 30.4 Å². The predicted molar refractivity (Wildman–Crippen MR) is 324 cm³/mol. The van der Waals surface area contributed by atoms with E-state index < -0.39 is 57.9 Å². The fourth-order valence-electron chi connectivity index (χ4n) is 13.1. The molecule has 2 aliphatic heterocycles. The van der Waals surface area contributed by atoms with Gasteiger partial charge in [-0.3, -0.25) is 14.5 Å². The lowest BCUT2D eigenvalue weighted by molar-refractivity contribution is -0.140. The van der Waals surface area contributed by atoms with Gasteiger partial charge in [0.15, 0.2) is 11.4 Å². The third-order valence-electron chi connectivity index (χ3n) is 17.9. The maximum Gasteiger partial charge on any atom is 0.419 e. The van der Waals surface area contributed by atoms with Crippen molar-refractivity contribution in [1.29, 1.82) is 0 Å². The molecule has 4 aliphatic rings. The van der Waals surface area contributed by atoms with Crippen molar-refractivity contribution in [3.8, 4) is 22.3 Å². The second-order valence-corrected chi connectivity index (χ2v) is 23.2. The number of likely N-dealkylation sites (tertiary alicyclic amines) is 1. The van der Waals surface area contributed by atoms with Crippen LogP contribution in [0, 0.1) is 35.6 Å². The fourth-order valence-corrected chi connectivity index (χ4v) is 13.1. The monoisotopic (exact) mass is 1280 g/mol. The summed E-state index contributed by atoms with van der Waals surface area (Å²) in [5.74, 6) is -3.34. The van der Waals surface area contributed by atoms with Crippen molar-refractivity contribution < 1.29 is 54.9 Å². The number of imidazole rings is 2. The van der Waals surface area contributed by atoms with Crippen LogP contribution in [0.2, 0.25) is 0 Å². The van der Waals surface area contributed by atoms with Crippen molar-refractivity contribution in [1.82, 2.24) is 35.1 Å². The van der Waals surface area contributed by atoms with Crippen molar-refractivity contribution in [3.63, 3.8) is 0 Å². The maximum atomic E-state index is 14.4. The van der Waals surface area contributed by atoms with E-state index >= 15 is 0 Å². The van der Waals surface area contributed by atoms with Crippen LogP contribution in [-0.4, -0.2) is 110 Å². The lowest BCUT2D eigenvalue weighted by Crippen LogP contribution is -2.40. The molecule has 460 valence electrons. The Kier molecular flexibility index (Phi) is 19.0. The summed E-state index contributed by atoms with van der Waals surface area (Å²) in [6.07, 6.45) is -4.90. The van der Waals surface area contributed by atoms with Gasteiger partial charge in [0.25, 0.3) is 0 Å². The maximum absolute atomic E-state index is 14.4. The quantitative estimate of drug-likeness (QED) is 0.0456. The molecule has 88 heavy (non-hydrogen) atoms. The molecule has 2 aliphatic carbocycles. The van der Waals surface area contributed by atoms with E-state index in [1.807, 2.05) is 83.8 Å². The average Bonchev–Trinajstić information content (AvgIpc) is 1.52. The lowest BCUT2D eigenvalue weighted by Gasteiger charge is -2.34. The number of carboxylic acid groups (broad SMARTS) is 2. The minimum atomic E-state index is -4.83. The van der Waals surface area contributed by atoms with Crippen molar-refractivity contribution in [2.24, 2.45) is 10.8 Å². The molecule has 0 amide bonds. The zero-order valence-corrected chi connectivity index (χ0v) is 50.0. The smallest absolute Gasteiger partial charge is 0.419 e. The number of rotatable bonds is 12. The standard InChI is InChI=1S/C30H24F4N4O2.C28H22F4N4.C6H15N.C2H3BrO2/c1-35-21-4-2-3-19(13-21)18-5-7-20(8-6-18)29(17-28(29)9-11-38(12-10-28)16-26(39)40)27-36-24-14-22(30(32,33)34)23(31)15-25(24)37-27;1-33-20-4-2-3-18(13-20)17-5-7-19(8-6-17)27(16-26(27)9-11-34-12-10-26)25-35-23-14-21(28(30,31)32)22(29)15-24(23)36-25;1-4-7(5-2)6-3;3-1-2(4)5/h2-8,13-15H,9-12,16-17H2,(H,36,37)(H,39,40);2-8,13-15,34H,9-12,16H2,(H,35,36);4-6H2,1-3H3;1H2,(H,4,5). The molecule has 6 aromatic carbocycles. The molecular weight excluding hydrogens is 1210 g/mol. The van der Waals surface area contributed by atoms with Gasteiger partial charge in [-0.15, -0.1) is 0 Å². The Labute approximate surface area is 512 Å². The van der Waals surface area contributed by atoms with Crippen LogP contribution in [0.25, 0.3) is 54.0 Å². The number of benzene rings is 6. The van der Waals surface area contributed by atoms with E-state index in [-0.39, 0.29) is 44.8 Å². The highest BCUT2D eigenvalue weighted by Gasteiger charge is 2.71. The third kappa shape index (κ3) is 13.1. The molecular formula is C66H64BrF8N9O4. The number of hydrogen-bond donors (Lipinski definition) is 5. The summed E-state index contributed by atoms with van der Waals surface area (Å²) < 4.78 is 109. The predicted octanol–water partition coefficient (Wildman–Crippen LogP) is 15.6. The van der Waals surface area contributed by atoms with Crippen molar-refractivity contribution in [3.05, 3.63) is 190 Å². The molecule has 4 fully saturated rings. The molecule has 22 heteroatoms. The number of nitrogens with zero attached hydrogens (tertiary/aromatic N) is 6. The Morgan fingerprint density at radius 1 is 0.602 bits per heavy atom. The second-order valence-electron chi connectivity index (χ2n) is 22.6. The summed E-state index contributed by atoms with van der Waals surface area (Å²) >= 11 is 2.71. The van der Waals surface area contributed by atoms with Crippen LogP contribution in [0.15, 0.2) is 121 Å². The first kappa shape index (κ1) is 64.5. The summed E-state index contributed by atoms with van der Waals surface area (Å²) in [6, 6.07) is 34.0. The molecule has 13 nitrogen and oxygen atoms in total. The number of piperidine rings is 2. The Morgan fingerprint density at radius 3 is 1.34 bits per heavy atom. The Hall–Kier alpha value is -8.02. The minimum Gasteiger partial charge on any atom is -0.481 e. The molecule has 2 spiro atoms. The number of aliphatic carboxylic acids is 2. The van der Waals surface area contributed by atoms with Gasteiger partial charge in [-0.1, -0.05) is 122 Å². The summed E-state index contributed by atoms with van der Waals surface area (Å²) in [7, 11) is 0. The number of alkyl halides is 7. The molecule has 5 N–H and O–H groups in total. The van der Waals surface area contributed by atoms with Crippen molar-refractivity contribution >= 4 is 61.3 Å². The third-order valence-corrected chi connectivity index (χ3v) is 18.4. The molecule has 2 aromatic heterocycles. The second kappa shape index (κ2) is 26.0. The van der Waals surface area contributed by atoms with Crippen molar-refractivity contribution in [2.45, 2.75) is 82.5 Å². The zero-order valence-electron chi connectivity index (χ0n) is 48.4. The minimum absolute atomic E-state index is 0.0347. The molecule has 8 aromatic rings. The number of fused-ring (bicyclic) bond motifs is 2. The number of halogens is 9. The number of carbonyl (C=O) groups is 2. The van der Waals surface area contributed by atoms with Crippen LogP contribution < -0.4 is 5.32 Å². The topological polar surface area (TPSA) is 159 Å². The summed E-state index contributed by atoms with van der Waals surface area (Å²) in [4.78, 5) is 47.3. The van der Waals surface area contributed by atoms with E-state index in [1.165, 1.54) is 19.6 Å². The average molecular weight is 1280 g/mol. The first-order chi connectivity index (χ1) is 41.9. The van der Waals surface area contributed by atoms with Crippen LogP contribution in [0.3, 0.4) is 0 Å². The van der Waals surface area contributed by atoms with Crippen molar-refractivity contribution in [2.75, 3.05) is 57.7 Å². The van der Waals surface area contributed by atoms with Gasteiger partial charge in [-0.2, -0.15) is 26.3 Å². The molecule has 12 rings (SSSR count). The van der Waals surface area contributed by atoms with E-state index in [2.05, 4.69) is 76.5 Å². The van der Waals surface area contributed by atoms with Gasteiger partial charge in [0.2, 0.25) is 0 Å². The van der Waals surface area contributed by atoms with Gasteiger partial charge >= 0.3 is 24.3 Å². The molecule has 0 radical (unpaired) electrons. The van der Waals surface area contributed by atoms with Crippen LogP contribution in [-0.2, 0) is 32.8 Å². The van der Waals surface area contributed by atoms with E-state index in [0.717, 1.165) is 90.0 Å². The molecule has 2 unspecified atom stereocenters. The van der Waals surface area contributed by atoms with Crippen LogP contribution in [0.5, 0.6) is 0 Å². The SMILES string of the molecule is CCN(CC)CC.O=C(O)CBr.[C-]#[N+]c1cccc(-c2ccc(C3(c4nc5cc(F)c(C(F)(F)F)cc5[nH]4)CC34CCN(CC(=O)O)CC4)cc2)c1.[C-]#[N+]c1cccc(-c2ccc(C3(c4nc5cc(F)c(C(F)(F)F)cc5[nH]4)CC34CCNCC4)cc2)c1. The van der Waals surface area contributed by atoms with E-state index in [1.54, 1.807) is 18.2 Å². The highest BCUT2D eigenvalue weighted by Crippen LogP contribution is 2.73. The zero-order chi connectivity index (χ0) is 63.4.